The van der Waals surface area contributed by atoms with Gasteiger partial charge in [-0.15, -0.1) is 10.2 Å². The second kappa shape index (κ2) is 8.93. The number of pyridine rings is 1. The monoisotopic (exact) mass is 396 g/mol. The zero-order chi connectivity index (χ0) is 20.1. The molecule has 0 bridgehead atoms. The van der Waals surface area contributed by atoms with Gasteiger partial charge in [0, 0.05) is 51.3 Å². The predicted molar refractivity (Wildman–Crippen MR) is 106 cm³/mol. The van der Waals surface area contributed by atoms with Gasteiger partial charge in [-0.2, -0.15) is 4.98 Å². The number of likely N-dealkylation sites (N-methyl/N-ethyl adjacent to an activating group) is 1. The van der Waals surface area contributed by atoms with E-state index in [1.807, 2.05) is 12.1 Å². The molecule has 10 nitrogen and oxygen atoms in total. The molecular formula is C19H24N8O2. The Morgan fingerprint density at radius 3 is 2.69 bits per heavy atom. The first-order valence-electron chi connectivity index (χ1n) is 9.60. The molecule has 4 heterocycles. The Morgan fingerprint density at radius 1 is 1.14 bits per heavy atom. The molecule has 1 saturated heterocycles. The number of aromatic hydroxyl groups is 1. The van der Waals surface area contributed by atoms with Crippen molar-refractivity contribution >= 4 is 5.95 Å². The van der Waals surface area contributed by atoms with Crippen LogP contribution in [0.2, 0.25) is 0 Å². The van der Waals surface area contributed by atoms with Gasteiger partial charge in [-0.3, -0.25) is 9.88 Å². The van der Waals surface area contributed by atoms with Crippen LogP contribution in [0.1, 0.15) is 11.5 Å². The van der Waals surface area contributed by atoms with Crippen molar-refractivity contribution in [1.82, 2.24) is 34.9 Å². The summed E-state index contributed by atoms with van der Waals surface area (Å²) in [7, 11) is 2.11. The minimum absolute atomic E-state index is 0.193. The summed E-state index contributed by atoms with van der Waals surface area (Å²) in [5, 5.41) is 21.5. The van der Waals surface area contributed by atoms with Gasteiger partial charge in [0.05, 0.1) is 6.54 Å². The van der Waals surface area contributed by atoms with Crippen molar-refractivity contribution in [2.75, 3.05) is 45.1 Å². The molecule has 0 amide bonds. The van der Waals surface area contributed by atoms with E-state index in [4.69, 9.17) is 4.42 Å². The van der Waals surface area contributed by atoms with Crippen molar-refractivity contribution in [3.63, 3.8) is 0 Å². The van der Waals surface area contributed by atoms with Gasteiger partial charge in [-0.05, 0) is 31.2 Å². The van der Waals surface area contributed by atoms with Crippen LogP contribution in [-0.4, -0.2) is 79.8 Å². The van der Waals surface area contributed by atoms with Crippen LogP contribution >= 0.6 is 0 Å². The lowest BCUT2D eigenvalue weighted by molar-refractivity contribution is 0.138. The van der Waals surface area contributed by atoms with Crippen LogP contribution in [0, 0.1) is 0 Å². The molecule has 1 fully saturated rings. The first-order chi connectivity index (χ1) is 14.2. The molecule has 1 aliphatic rings. The Balaban J connectivity index is 1.35. The third kappa shape index (κ3) is 5.04. The summed E-state index contributed by atoms with van der Waals surface area (Å²) in [5.41, 5.74) is 1.48. The lowest BCUT2D eigenvalue weighted by Crippen LogP contribution is -2.43. The number of piperazine rings is 1. The van der Waals surface area contributed by atoms with E-state index in [-0.39, 0.29) is 11.8 Å². The van der Waals surface area contributed by atoms with Gasteiger partial charge in [0.15, 0.2) is 0 Å². The molecule has 0 aromatic carbocycles. The highest BCUT2D eigenvalue weighted by atomic mass is 16.4. The van der Waals surface area contributed by atoms with Crippen LogP contribution in [0.15, 0.2) is 35.1 Å². The zero-order valence-electron chi connectivity index (χ0n) is 16.3. The van der Waals surface area contributed by atoms with Gasteiger partial charge in [0.25, 0.3) is 5.89 Å². The third-order valence-corrected chi connectivity index (χ3v) is 4.87. The highest BCUT2D eigenvalue weighted by molar-refractivity contribution is 5.59. The molecule has 0 aliphatic carbocycles. The lowest BCUT2D eigenvalue weighted by atomic mass is 10.2. The van der Waals surface area contributed by atoms with Gasteiger partial charge in [0.1, 0.15) is 5.56 Å². The maximum Gasteiger partial charge on any atom is 0.254 e. The van der Waals surface area contributed by atoms with E-state index in [0.717, 1.165) is 38.2 Å². The molecule has 29 heavy (non-hydrogen) atoms. The smallest absolute Gasteiger partial charge is 0.254 e. The zero-order valence-corrected chi connectivity index (χ0v) is 16.3. The van der Waals surface area contributed by atoms with Crippen LogP contribution < -0.4 is 5.32 Å². The second-order valence-corrected chi connectivity index (χ2v) is 7.04. The summed E-state index contributed by atoms with van der Waals surface area (Å²) in [5.74, 6) is 0.886. The minimum atomic E-state index is -0.193. The number of rotatable bonds is 7. The van der Waals surface area contributed by atoms with Gasteiger partial charge < -0.3 is 19.7 Å². The number of nitrogens with one attached hydrogen (secondary N) is 1. The van der Waals surface area contributed by atoms with Gasteiger partial charge in [0.2, 0.25) is 17.7 Å². The molecule has 10 heteroatoms. The van der Waals surface area contributed by atoms with Crippen molar-refractivity contribution in [3.05, 3.63) is 42.2 Å². The summed E-state index contributed by atoms with van der Waals surface area (Å²) in [6.45, 7) is 5.19. The maximum atomic E-state index is 10.3. The van der Waals surface area contributed by atoms with Crippen LogP contribution in [0.3, 0.4) is 0 Å². The molecule has 2 N–H and O–H groups in total. The summed E-state index contributed by atoms with van der Waals surface area (Å²) in [6.07, 6.45) is 5.81. The number of hydrogen-bond acceptors (Lipinski definition) is 10. The van der Waals surface area contributed by atoms with Crippen molar-refractivity contribution in [2.24, 2.45) is 0 Å². The Hall–Kier alpha value is -3.11. The SMILES string of the molecule is CN1CCN(Cc2nnc(-c3cnc(NCCc4ccncc4)nc3O)o2)CC1. The fraction of sp³-hybridized carbons (Fsp3) is 0.421. The molecule has 0 atom stereocenters. The third-order valence-electron chi connectivity index (χ3n) is 4.87. The minimum Gasteiger partial charge on any atom is -0.493 e. The standard InChI is InChI=1S/C19H24N8O2/c1-26-8-10-27(11-9-26)13-16-24-25-18(29-16)15-12-22-19(23-17(15)28)21-7-4-14-2-5-20-6-3-14/h2-3,5-6,12H,4,7-11,13H2,1H3,(H2,21,22,23,28). The topological polar surface area (TPSA) is 116 Å². The van der Waals surface area contributed by atoms with E-state index in [1.165, 1.54) is 6.20 Å². The Bertz CT molecular complexity index is 925. The number of aromatic nitrogens is 5. The van der Waals surface area contributed by atoms with Crippen molar-refractivity contribution in [1.29, 1.82) is 0 Å². The summed E-state index contributed by atoms with van der Waals surface area (Å²) >= 11 is 0. The van der Waals surface area contributed by atoms with Crippen LogP contribution in [0.5, 0.6) is 5.88 Å². The quantitative estimate of drug-likeness (QED) is 0.600. The first kappa shape index (κ1) is 19.2. The van der Waals surface area contributed by atoms with Crippen LogP contribution in [0.25, 0.3) is 11.5 Å². The summed E-state index contributed by atoms with van der Waals surface area (Å²) in [4.78, 5) is 16.9. The first-order valence-corrected chi connectivity index (χ1v) is 9.60. The lowest BCUT2D eigenvalue weighted by Gasteiger charge is -2.31. The molecular weight excluding hydrogens is 372 g/mol. The van der Waals surface area contributed by atoms with Crippen molar-refractivity contribution in [2.45, 2.75) is 13.0 Å². The molecule has 152 valence electrons. The van der Waals surface area contributed by atoms with Gasteiger partial charge >= 0.3 is 0 Å². The van der Waals surface area contributed by atoms with E-state index < -0.39 is 0 Å². The highest BCUT2D eigenvalue weighted by Gasteiger charge is 2.19. The second-order valence-electron chi connectivity index (χ2n) is 7.04. The molecule has 0 radical (unpaired) electrons. The number of hydrogen-bond donors (Lipinski definition) is 2. The maximum absolute atomic E-state index is 10.3. The van der Waals surface area contributed by atoms with E-state index >= 15 is 0 Å². The van der Waals surface area contributed by atoms with E-state index in [0.29, 0.717) is 30.5 Å². The Kier molecular flexibility index (Phi) is 5.92. The number of nitrogens with zero attached hydrogens (tertiary/aromatic N) is 7. The summed E-state index contributed by atoms with van der Waals surface area (Å²) in [6, 6.07) is 3.91. The molecule has 0 saturated carbocycles. The van der Waals surface area contributed by atoms with Gasteiger partial charge in [-0.1, -0.05) is 0 Å². The average molecular weight is 396 g/mol. The summed E-state index contributed by atoms with van der Waals surface area (Å²) < 4.78 is 5.72. The largest absolute Gasteiger partial charge is 0.493 e. The molecule has 0 spiro atoms. The van der Waals surface area contributed by atoms with Crippen LogP contribution in [0.4, 0.5) is 5.95 Å². The highest BCUT2D eigenvalue weighted by Crippen LogP contribution is 2.26. The normalized spacial score (nSPS) is 15.5. The fourth-order valence-electron chi connectivity index (χ4n) is 3.10. The fourth-order valence-corrected chi connectivity index (χ4v) is 3.10. The van der Waals surface area contributed by atoms with E-state index in [9.17, 15) is 5.11 Å². The van der Waals surface area contributed by atoms with Gasteiger partial charge in [-0.25, -0.2) is 4.98 Å². The molecule has 0 unspecified atom stereocenters. The van der Waals surface area contributed by atoms with Crippen molar-refractivity contribution in [3.8, 4) is 17.3 Å². The molecule has 3 aromatic rings. The Labute approximate surface area is 168 Å². The predicted octanol–water partition coefficient (Wildman–Crippen LogP) is 1.03. The van der Waals surface area contributed by atoms with E-state index in [2.05, 4.69) is 47.3 Å². The van der Waals surface area contributed by atoms with E-state index in [1.54, 1.807) is 12.4 Å². The van der Waals surface area contributed by atoms with Crippen molar-refractivity contribution < 1.29 is 9.52 Å². The molecule has 4 rings (SSSR count). The molecule has 3 aromatic heterocycles. The average Bonchev–Trinajstić information content (AvgIpc) is 3.19. The van der Waals surface area contributed by atoms with Crippen LogP contribution in [-0.2, 0) is 13.0 Å². The number of anilines is 1. The Morgan fingerprint density at radius 2 is 1.93 bits per heavy atom. The molecule has 1 aliphatic heterocycles.